The summed E-state index contributed by atoms with van der Waals surface area (Å²) < 4.78 is 0. The normalized spacial score (nSPS) is 8.50. The smallest absolute Gasteiger partial charge is 0.185 e. The second kappa shape index (κ2) is 6.95. The first-order valence-electron chi connectivity index (χ1n) is 4.68. The SMILES string of the molecule is CCNC(=N)N.Cc1ccccc1C. The summed E-state index contributed by atoms with van der Waals surface area (Å²) in [5, 5.41) is 9.13. The summed E-state index contributed by atoms with van der Waals surface area (Å²) in [5.74, 6) is 0.0394. The van der Waals surface area contributed by atoms with E-state index in [1.54, 1.807) is 0 Å². The third-order valence-electron chi connectivity index (χ3n) is 1.79. The zero-order chi connectivity index (χ0) is 11.0. The first kappa shape index (κ1) is 12.5. The van der Waals surface area contributed by atoms with E-state index in [2.05, 4.69) is 43.4 Å². The van der Waals surface area contributed by atoms with Crippen LogP contribution in [-0.2, 0) is 0 Å². The first-order valence-corrected chi connectivity index (χ1v) is 4.68. The fraction of sp³-hybridized carbons (Fsp3) is 0.364. The lowest BCUT2D eigenvalue weighted by atomic mass is 10.1. The molecule has 14 heavy (non-hydrogen) atoms. The van der Waals surface area contributed by atoms with Crippen LogP contribution in [0, 0.1) is 19.3 Å². The number of nitrogens with one attached hydrogen (secondary N) is 2. The minimum Gasteiger partial charge on any atom is -0.370 e. The zero-order valence-electron chi connectivity index (χ0n) is 9.09. The number of guanidine groups is 1. The molecule has 78 valence electrons. The number of nitrogens with two attached hydrogens (primary N) is 1. The highest BCUT2D eigenvalue weighted by Crippen LogP contribution is 2.02. The highest BCUT2D eigenvalue weighted by atomic mass is 15.0. The summed E-state index contributed by atoms with van der Waals surface area (Å²) in [4.78, 5) is 0. The molecular weight excluding hydrogens is 174 g/mol. The van der Waals surface area contributed by atoms with E-state index in [1.807, 2.05) is 6.92 Å². The summed E-state index contributed by atoms with van der Waals surface area (Å²) in [6.45, 7) is 6.86. The number of benzene rings is 1. The Morgan fingerprint density at radius 2 is 1.71 bits per heavy atom. The molecule has 1 rings (SSSR count). The second-order valence-corrected chi connectivity index (χ2v) is 3.03. The minimum atomic E-state index is 0.0394. The third-order valence-corrected chi connectivity index (χ3v) is 1.79. The topological polar surface area (TPSA) is 61.9 Å². The van der Waals surface area contributed by atoms with Gasteiger partial charge in [0.15, 0.2) is 5.96 Å². The molecule has 0 aliphatic rings. The van der Waals surface area contributed by atoms with Gasteiger partial charge in [0.05, 0.1) is 0 Å². The highest BCUT2D eigenvalue weighted by molar-refractivity contribution is 5.74. The molecule has 0 aliphatic carbocycles. The Labute approximate surface area is 85.8 Å². The quantitative estimate of drug-likeness (QED) is 0.470. The number of hydrogen-bond donors (Lipinski definition) is 3. The maximum Gasteiger partial charge on any atom is 0.185 e. The van der Waals surface area contributed by atoms with E-state index in [0.29, 0.717) is 0 Å². The van der Waals surface area contributed by atoms with Crippen molar-refractivity contribution < 1.29 is 0 Å². The molecule has 1 aromatic carbocycles. The van der Waals surface area contributed by atoms with E-state index in [9.17, 15) is 0 Å². The molecule has 0 atom stereocenters. The van der Waals surface area contributed by atoms with Gasteiger partial charge in [-0.05, 0) is 31.9 Å². The molecule has 3 heteroatoms. The van der Waals surface area contributed by atoms with Crippen LogP contribution in [0.4, 0.5) is 0 Å². The fourth-order valence-electron chi connectivity index (χ4n) is 0.853. The molecule has 4 N–H and O–H groups in total. The Balaban J connectivity index is 0.000000255. The molecule has 0 amide bonds. The average Bonchev–Trinajstić information content (AvgIpc) is 2.11. The lowest BCUT2D eigenvalue weighted by Crippen LogP contribution is -2.29. The Kier molecular flexibility index (Phi) is 6.20. The predicted molar refractivity (Wildman–Crippen MR) is 61.5 cm³/mol. The van der Waals surface area contributed by atoms with Crippen molar-refractivity contribution in [3.8, 4) is 0 Å². The van der Waals surface area contributed by atoms with E-state index in [-0.39, 0.29) is 5.96 Å². The van der Waals surface area contributed by atoms with E-state index in [1.165, 1.54) is 11.1 Å². The summed E-state index contributed by atoms with van der Waals surface area (Å²) >= 11 is 0. The third kappa shape index (κ3) is 6.06. The van der Waals surface area contributed by atoms with Gasteiger partial charge in [-0.15, -0.1) is 0 Å². The van der Waals surface area contributed by atoms with Gasteiger partial charge in [0.25, 0.3) is 0 Å². The van der Waals surface area contributed by atoms with Crippen molar-refractivity contribution in [2.24, 2.45) is 5.73 Å². The molecule has 0 spiro atoms. The van der Waals surface area contributed by atoms with Crippen molar-refractivity contribution in [2.45, 2.75) is 20.8 Å². The Morgan fingerprint density at radius 1 is 1.29 bits per heavy atom. The van der Waals surface area contributed by atoms with Crippen LogP contribution in [0.25, 0.3) is 0 Å². The fourth-order valence-corrected chi connectivity index (χ4v) is 0.853. The van der Waals surface area contributed by atoms with Crippen LogP contribution in [0.3, 0.4) is 0 Å². The predicted octanol–water partition coefficient (Wildman–Crippen LogP) is 1.79. The summed E-state index contributed by atoms with van der Waals surface area (Å²) in [7, 11) is 0. The summed E-state index contributed by atoms with van der Waals surface area (Å²) in [6, 6.07) is 8.36. The van der Waals surface area contributed by atoms with Crippen LogP contribution in [0.2, 0.25) is 0 Å². The Bertz CT molecular complexity index is 261. The molecule has 0 unspecified atom stereocenters. The number of aryl methyl sites for hydroxylation is 2. The van der Waals surface area contributed by atoms with Crippen molar-refractivity contribution in [2.75, 3.05) is 6.54 Å². The Hall–Kier alpha value is -1.51. The lowest BCUT2D eigenvalue weighted by molar-refractivity contribution is 0.945. The number of rotatable bonds is 1. The molecule has 0 radical (unpaired) electrons. The number of hydrogen-bond acceptors (Lipinski definition) is 1. The summed E-state index contributed by atoms with van der Waals surface area (Å²) in [5.41, 5.74) is 7.61. The van der Waals surface area contributed by atoms with Gasteiger partial charge < -0.3 is 11.1 Å². The second-order valence-electron chi connectivity index (χ2n) is 3.03. The van der Waals surface area contributed by atoms with E-state index >= 15 is 0 Å². The average molecular weight is 193 g/mol. The van der Waals surface area contributed by atoms with Crippen LogP contribution in [0.15, 0.2) is 24.3 Å². The van der Waals surface area contributed by atoms with Crippen LogP contribution in [0.1, 0.15) is 18.1 Å². The molecule has 0 fully saturated rings. The molecule has 0 heterocycles. The van der Waals surface area contributed by atoms with Crippen molar-refractivity contribution in [1.82, 2.24) is 5.32 Å². The van der Waals surface area contributed by atoms with Crippen molar-refractivity contribution in [1.29, 1.82) is 5.41 Å². The van der Waals surface area contributed by atoms with Gasteiger partial charge in [-0.1, -0.05) is 24.3 Å². The van der Waals surface area contributed by atoms with Gasteiger partial charge in [0, 0.05) is 6.54 Å². The van der Waals surface area contributed by atoms with Gasteiger partial charge in [-0.3, -0.25) is 5.41 Å². The monoisotopic (exact) mass is 193 g/mol. The van der Waals surface area contributed by atoms with Crippen molar-refractivity contribution in [3.63, 3.8) is 0 Å². The summed E-state index contributed by atoms with van der Waals surface area (Å²) in [6.07, 6.45) is 0. The van der Waals surface area contributed by atoms with Gasteiger partial charge in [0.1, 0.15) is 0 Å². The van der Waals surface area contributed by atoms with E-state index in [0.717, 1.165) is 6.54 Å². The van der Waals surface area contributed by atoms with Crippen LogP contribution in [-0.4, -0.2) is 12.5 Å². The molecule has 0 aliphatic heterocycles. The maximum atomic E-state index is 6.56. The standard InChI is InChI=1S/C8H10.C3H9N3/c1-7-5-3-4-6-8(7)2;1-2-6-3(4)5/h3-6H,1-2H3;2H2,1H3,(H4,4,5,6). The lowest BCUT2D eigenvalue weighted by Gasteiger charge is -1.93. The van der Waals surface area contributed by atoms with Gasteiger partial charge in [-0.2, -0.15) is 0 Å². The molecule has 1 aromatic rings. The van der Waals surface area contributed by atoms with Crippen LogP contribution < -0.4 is 11.1 Å². The van der Waals surface area contributed by atoms with Crippen LogP contribution in [0.5, 0.6) is 0 Å². The first-order chi connectivity index (χ1) is 6.57. The molecule has 3 nitrogen and oxygen atoms in total. The van der Waals surface area contributed by atoms with Gasteiger partial charge >= 0.3 is 0 Å². The van der Waals surface area contributed by atoms with Gasteiger partial charge in [-0.25, -0.2) is 0 Å². The van der Waals surface area contributed by atoms with E-state index < -0.39 is 0 Å². The van der Waals surface area contributed by atoms with E-state index in [4.69, 9.17) is 11.1 Å². The molecule has 0 saturated heterocycles. The molecule has 0 aromatic heterocycles. The van der Waals surface area contributed by atoms with Crippen molar-refractivity contribution >= 4 is 5.96 Å². The molecular formula is C11H19N3. The van der Waals surface area contributed by atoms with Crippen molar-refractivity contribution in [3.05, 3.63) is 35.4 Å². The largest absolute Gasteiger partial charge is 0.370 e. The highest BCUT2D eigenvalue weighted by Gasteiger charge is 1.83. The van der Waals surface area contributed by atoms with Gasteiger partial charge in [0.2, 0.25) is 0 Å². The Morgan fingerprint density at radius 3 is 1.86 bits per heavy atom. The molecule has 0 saturated carbocycles. The minimum absolute atomic E-state index is 0.0394. The molecule has 0 bridgehead atoms. The zero-order valence-corrected chi connectivity index (χ0v) is 9.09. The maximum absolute atomic E-state index is 6.56. The van der Waals surface area contributed by atoms with Crippen LogP contribution >= 0.6 is 0 Å².